The van der Waals surface area contributed by atoms with Crippen LogP contribution in [0.2, 0.25) is 0 Å². The molecule has 5 aromatic rings. The van der Waals surface area contributed by atoms with Gasteiger partial charge < -0.3 is 9.30 Å². The fourth-order valence-electron chi connectivity index (χ4n) is 4.77. The van der Waals surface area contributed by atoms with Gasteiger partial charge in [-0.25, -0.2) is 4.98 Å². The summed E-state index contributed by atoms with van der Waals surface area (Å²) in [6.07, 6.45) is 2.01. The highest BCUT2D eigenvalue weighted by Crippen LogP contribution is 2.33. The lowest BCUT2D eigenvalue weighted by Crippen LogP contribution is -2.13. The number of hydrogen-bond acceptors (Lipinski definition) is 2. The average molecular weight is 461 g/mol. The lowest BCUT2D eigenvalue weighted by molar-refractivity contribution is 0.301. The van der Waals surface area contributed by atoms with E-state index in [1.54, 1.807) is 0 Å². The van der Waals surface area contributed by atoms with Crippen molar-refractivity contribution in [3.63, 3.8) is 0 Å². The first-order chi connectivity index (χ1) is 17.2. The van der Waals surface area contributed by atoms with Gasteiger partial charge in [0.1, 0.15) is 11.6 Å². The van der Waals surface area contributed by atoms with E-state index in [-0.39, 0.29) is 5.92 Å². The minimum Gasteiger partial charge on any atom is -0.493 e. The molecule has 0 N–H and O–H groups in total. The standard InChI is InChI=1S/C32H32N2O/c1-24-14-13-21-30(25(24)2)35-23-12-11-22-34-29-20-10-9-19-28(29)33-32(34)31(26-15-5-3-6-16-26)27-17-7-4-8-18-27/h3-10,13-21,31H,11-12,22-23H2,1-2H3. The molecule has 0 aliphatic heterocycles. The summed E-state index contributed by atoms with van der Waals surface area (Å²) in [5, 5.41) is 0. The molecule has 3 nitrogen and oxygen atoms in total. The Balaban J connectivity index is 1.41. The van der Waals surface area contributed by atoms with Gasteiger partial charge in [0.2, 0.25) is 0 Å². The van der Waals surface area contributed by atoms with Crippen molar-refractivity contribution in [1.29, 1.82) is 0 Å². The second kappa shape index (κ2) is 10.6. The molecule has 0 bridgehead atoms. The predicted molar refractivity (Wildman–Crippen MR) is 144 cm³/mol. The van der Waals surface area contributed by atoms with Gasteiger partial charge in [0, 0.05) is 6.54 Å². The van der Waals surface area contributed by atoms with E-state index in [9.17, 15) is 0 Å². The maximum absolute atomic E-state index is 6.12. The summed E-state index contributed by atoms with van der Waals surface area (Å²) >= 11 is 0. The Labute approximate surface area is 208 Å². The third kappa shape index (κ3) is 5.00. The van der Waals surface area contributed by atoms with E-state index in [4.69, 9.17) is 9.72 Å². The Kier molecular flexibility index (Phi) is 6.94. The van der Waals surface area contributed by atoms with E-state index >= 15 is 0 Å². The molecular formula is C32H32N2O. The van der Waals surface area contributed by atoms with Crippen molar-refractivity contribution in [1.82, 2.24) is 9.55 Å². The molecule has 35 heavy (non-hydrogen) atoms. The zero-order chi connectivity index (χ0) is 24.0. The molecule has 0 radical (unpaired) electrons. The summed E-state index contributed by atoms with van der Waals surface area (Å²) < 4.78 is 8.53. The van der Waals surface area contributed by atoms with Gasteiger partial charge in [-0.2, -0.15) is 0 Å². The molecular weight excluding hydrogens is 428 g/mol. The first-order valence-corrected chi connectivity index (χ1v) is 12.5. The molecule has 0 saturated carbocycles. The summed E-state index contributed by atoms with van der Waals surface area (Å²) in [5.41, 5.74) is 7.25. The van der Waals surface area contributed by atoms with Crippen LogP contribution in [0.15, 0.2) is 103 Å². The Bertz CT molecular complexity index is 1350. The monoisotopic (exact) mass is 460 g/mol. The summed E-state index contributed by atoms with van der Waals surface area (Å²) in [5.74, 6) is 2.17. The van der Waals surface area contributed by atoms with Crippen molar-refractivity contribution >= 4 is 11.0 Å². The number of fused-ring (bicyclic) bond motifs is 1. The van der Waals surface area contributed by atoms with Gasteiger partial charge in [-0.05, 0) is 67.1 Å². The molecule has 0 fully saturated rings. The van der Waals surface area contributed by atoms with Crippen molar-refractivity contribution in [3.8, 4) is 5.75 Å². The van der Waals surface area contributed by atoms with Crippen molar-refractivity contribution in [2.24, 2.45) is 0 Å². The molecule has 176 valence electrons. The van der Waals surface area contributed by atoms with E-state index in [1.807, 2.05) is 0 Å². The van der Waals surface area contributed by atoms with Crippen molar-refractivity contribution in [2.45, 2.75) is 39.2 Å². The fourth-order valence-corrected chi connectivity index (χ4v) is 4.77. The fraction of sp³-hybridized carbons (Fsp3) is 0.219. The zero-order valence-electron chi connectivity index (χ0n) is 20.5. The topological polar surface area (TPSA) is 27.1 Å². The predicted octanol–water partition coefficient (Wildman–Crippen LogP) is 7.69. The second-order valence-electron chi connectivity index (χ2n) is 9.12. The highest BCUT2D eigenvalue weighted by atomic mass is 16.5. The Morgan fingerprint density at radius 2 is 1.37 bits per heavy atom. The number of unbranched alkanes of at least 4 members (excludes halogenated alkanes) is 1. The second-order valence-corrected chi connectivity index (χ2v) is 9.12. The molecule has 1 aromatic heterocycles. The first kappa shape index (κ1) is 22.9. The van der Waals surface area contributed by atoms with Crippen LogP contribution in [0.4, 0.5) is 0 Å². The van der Waals surface area contributed by atoms with E-state index in [0.717, 1.165) is 36.5 Å². The van der Waals surface area contributed by atoms with Crippen LogP contribution in [-0.2, 0) is 6.54 Å². The minimum absolute atomic E-state index is 0.0796. The van der Waals surface area contributed by atoms with Gasteiger partial charge >= 0.3 is 0 Å². The number of imidazole rings is 1. The van der Waals surface area contributed by atoms with Crippen LogP contribution in [0.3, 0.4) is 0 Å². The number of nitrogens with zero attached hydrogens (tertiary/aromatic N) is 2. The number of para-hydroxylation sites is 2. The quantitative estimate of drug-likeness (QED) is 0.211. The maximum atomic E-state index is 6.12. The van der Waals surface area contributed by atoms with Crippen LogP contribution in [0.5, 0.6) is 5.75 Å². The summed E-state index contributed by atoms with van der Waals surface area (Å²) in [6, 6.07) is 36.2. The molecule has 3 heteroatoms. The number of hydrogen-bond donors (Lipinski definition) is 0. The van der Waals surface area contributed by atoms with Crippen LogP contribution in [0.1, 0.15) is 46.8 Å². The number of aryl methyl sites for hydroxylation is 2. The van der Waals surface area contributed by atoms with Crippen molar-refractivity contribution in [2.75, 3.05) is 6.61 Å². The molecule has 0 aliphatic carbocycles. The van der Waals surface area contributed by atoms with Gasteiger partial charge in [-0.3, -0.25) is 0 Å². The molecule has 0 amide bonds. The average Bonchev–Trinajstić information content (AvgIpc) is 3.25. The number of benzene rings is 4. The number of aromatic nitrogens is 2. The van der Waals surface area contributed by atoms with Crippen LogP contribution in [0, 0.1) is 13.8 Å². The highest BCUT2D eigenvalue weighted by molar-refractivity contribution is 5.76. The molecule has 0 saturated heterocycles. The molecule has 0 aliphatic rings. The Morgan fingerprint density at radius 1 is 0.714 bits per heavy atom. The largest absolute Gasteiger partial charge is 0.493 e. The third-order valence-electron chi connectivity index (χ3n) is 6.80. The van der Waals surface area contributed by atoms with Crippen LogP contribution >= 0.6 is 0 Å². The summed E-state index contributed by atoms with van der Waals surface area (Å²) in [4.78, 5) is 5.17. The molecule has 5 rings (SSSR count). The van der Waals surface area contributed by atoms with Gasteiger partial charge in [-0.15, -0.1) is 0 Å². The van der Waals surface area contributed by atoms with Gasteiger partial charge in [0.05, 0.1) is 23.6 Å². The smallest absolute Gasteiger partial charge is 0.122 e. The van der Waals surface area contributed by atoms with Gasteiger partial charge in [0.25, 0.3) is 0 Å². The molecule has 0 spiro atoms. The summed E-state index contributed by atoms with van der Waals surface area (Å²) in [6.45, 7) is 5.88. The third-order valence-corrected chi connectivity index (χ3v) is 6.80. The van der Waals surface area contributed by atoms with Crippen LogP contribution in [0.25, 0.3) is 11.0 Å². The van der Waals surface area contributed by atoms with Crippen LogP contribution < -0.4 is 4.74 Å². The van der Waals surface area contributed by atoms with Gasteiger partial charge in [0.15, 0.2) is 0 Å². The van der Waals surface area contributed by atoms with Crippen LogP contribution in [-0.4, -0.2) is 16.2 Å². The van der Waals surface area contributed by atoms with E-state index in [1.165, 1.54) is 27.8 Å². The van der Waals surface area contributed by atoms with Crippen molar-refractivity contribution < 1.29 is 4.74 Å². The normalized spacial score (nSPS) is 11.3. The lowest BCUT2D eigenvalue weighted by Gasteiger charge is -2.20. The lowest BCUT2D eigenvalue weighted by atomic mass is 9.90. The highest BCUT2D eigenvalue weighted by Gasteiger charge is 2.23. The van der Waals surface area contributed by atoms with E-state index in [0.29, 0.717) is 6.61 Å². The summed E-state index contributed by atoms with van der Waals surface area (Å²) in [7, 11) is 0. The molecule has 0 unspecified atom stereocenters. The van der Waals surface area contributed by atoms with E-state index in [2.05, 4.69) is 122 Å². The van der Waals surface area contributed by atoms with Crippen molar-refractivity contribution in [3.05, 3.63) is 131 Å². The Hall–Kier alpha value is -3.85. The first-order valence-electron chi connectivity index (χ1n) is 12.5. The van der Waals surface area contributed by atoms with Gasteiger partial charge in [-0.1, -0.05) is 84.9 Å². The minimum atomic E-state index is 0.0796. The SMILES string of the molecule is Cc1cccc(OCCCCn2c(C(c3ccccc3)c3ccccc3)nc3ccccc32)c1C. The van der Waals surface area contributed by atoms with E-state index < -0.39 is 0 Å². The molecule has 0 atom stereocenters. The zero-order valence-corrected chi connectivity index (χ0v) is 20.5. The molecule has 1 heterocycles. The number of ether oxygens (including phenoxy) is 1. The number of rotatable bonds is 9. The molecule has 4 aromatic carbocycles. The maximum Gasteiger partial charge on any atom is 0.122 e. The Morgan fingerprint density at radius 3 is 2.09 bits per heavy atom.